The summed E-state index contributed by atoms with van der Waals surface area (Å²) < 4.78 is 25.4. The number of aliphatic hydroxyl groups excluding tert-OH is 1. The molecule has 0 aliphatic carbocycles. The molecule has 3 nitrogen and oxygen atoms in total. The van der Waals surface area contributed by atoms with E-state index in [1.165, 1.54) is 6.92 Å². The van der Waals surface area contributed by atoms with Crippen LogP contribution in [0.25, 0.3) is 0 Å². The van der Waals surface area contributed by atoms with Gasteiger partial charge in [0.25, 0.3) is 0 Å². The Balaban J connectivity index is 3.17. The third kappa shape index (κ3) is 1.83. The summed E-state index contributed by atoms with van der Waals surface area (Å²) >= 11 is 0. The lowest BCUT2D eigenvalue weighted by molar-refractivity contribution is 0.148. The van der Waals surface area contributed by atoms with E-state index in [0.717, 1.165) is 12.1 Å². The van der Waals surface area contributed by atoms with Gasteiger partial charge in [0.15, 0.2) is 11.6 Å². The maximum absolute atomic E-state index is 12.8. The number of halogens is 2. The van der Waals surface area contributed by atoms with Gasteiger partial charge in [-0.05, 0) is 19.1 Å². The largest absolute Gasteiger partial charge is 0.504 e. The Hall–Kier alpha value is -1.20. The standard InChI is InChI=1S/C9H11F2NO2/c1-4(12)8(13)5-2-3-6(10)7(11)9(5)14/h2-4,8,13-14H,12H2,1H3. The van der Waals surface area contributed by atoms with E-state index in [4.69, 9.17) is 10.8 Å². The predicted octanol–water partition coefficient (Wildman–Crippen LogP) is 1.05. The molecule has 1 aromatic carbocycles. The lowest BCUT2D eigenvalue weighted by Crippen LogP contribution is -2.24. The predicted molar refractivity (Wildman–Crippen MR) is 46.6 cm³/mol. The molecule has 5 heteroatoms. The van der Waals surface area contributed by atoms with Crippen LogP contribution < -0.4 is 5.73 Å². The number of aromatic hydroxyl groups is 1. The van der Waals surface area contributed by atoms with Gasteiger partial charge in [-0.2, -0.15) is 4.39 Å². The van der Waals surface area contributed by atoms with Crippen LogP contribution in [0.3, 0.4) is 0 Å². The molecule has 14 heavy (non-hydrogen) atoms. The quantitative estimate of drug-likeness (QED) is 0.673. The molecule has 0 saturated carbocycles. The summed E-state index contributed by atoms with van der Waals surface area (Å²) in [5, 5.41) is 18.6. The molecule has 0 spiro atoms. The molecule has 0 aromatic heterocycles. The van der Waals surface area contributed by atoms with Gasteiger partial charge in [0.05, 0.1) is 6.10 Å². The van der Waals surface area contributed by atoms with Gasteiger partial charge in [-0.1, -0.05) is 0 Å². The van der Waals surface area contributed by atoms with Crippen molar-refractivity contribution in [2.24, 2.45) is 5.73 Å². The summed E-state index contributed by atoms with van der Waals surface area (Å²) in [6.45, 7) is 1.49. The van der Waals surface area contributed by atoms with Crippen LogP contribution in [0.15, 0.2) is 12.1 Å². The lowest BCUT2D eigenvalue weighted by Gasteiger charge is -2.16. The zero-order chi connectivity index (χ0) is 10.9. The molecular formula is C9H11F2NO2. The third-order valence-corrected chi connectivity index (χ3v) is 1.92. The maximum Gasteiger partial charge on any atom is 0.200 e. The minimum Gasteiger partial charge on any atom is -0.504 e. The van der Waals surface area contributed by atoms with Crippen LogP contribution in [-0.2, 0) is 0 Å². The van der Waals surface area contributed by atoms with Crippen molar-refractivity contribution in [1.82, 2.24) is 0 Å². The zero-order valence-electron chi connectivity index (χ0n) is 7.54. The van der Waals surface area contributed by atoms with Crippen LogP contribution in [0.1, 0.15) is 18.6 Å². The second kappa shape index (κ2) is 3.89. The van der Waals surface area contributed by atoms with E-state index in [9.17, 15) is 13.9 Å². The zero-order valence-corrected chi connectivity index (χ0v) is 7.54. The first-order valence-electron chi connectivity index (χ1n) is 4.05. The molecule has 2 atom stereocenters. The SMILES string of the molecule is CC(N)C(O)c1ccc(F)c(F)c1O. The summed E-state index contributed by atoms with van der Waals surface area (Å²) in [7, 11) is 0. The minimum atomic E-state index is -1.37. The van der Waals surface area contributed by atoms with E-state index in [2.05, 4.69) is 0 Å². The van der Waals surface area contributed by atoms with Crippen LogP contribution in [0, 0.1) is 11.6 Å². The number of benzene rings is 1. The van der Waals surface area contributed by atoms with E-state index in [1.54, 1.807) is 0 Å². The van der Waals surface area contributed by atoms with E-state index in [-0.39, 0.29) is 5.56 Å². The molecule has 1 rings (SSSR count). The molecule has 0 heterocycles. The molecule has 0 fully saturated rings. The van der Waals surface area contributed by atoms with Crippen LogP contribution in [0.2, 0.25) is 0 Å². The molecular weight excluding hydrogens is 192 g/mol. The van der Waals surface area contributed by atoms with Crippen molar-refractivity contribution < 1.29 is 19.0 Å². The Morgan fingerprint density at radius 2 is 1.93 bits per heavy atom. The minimum absolute atomic E-state index is 0.112. The van der Waals surface area contributed by atoms with Gasteiger partial charge in [0, 0.05) is 11.6 Å². The fraction of sp³-hybridized carbons (Fsp3) is 0.333. The fourth-order valence-electron chi connectivity index (χ4n) is 1.08. The van der Waals surface area contributed by atoms with Gasteiger partial charge in [-0.25, -0.2) is 4.39 Å². The smallest absolute Gasteiger partial charge is 0.200 e. The number of aliphatic hydroxyl groups is 1. The van der Waals surface area contributed by atoms with E-state index >= 15 is 0 Å². The maximum atomic E-state index is 12.8. The first kappa shape index (κ1) is 10.9. The van der Waals surface area contributed by atoms with Crippen molar-refractivity contribution in [2.75, 3.05) is 0 Å². The van der Waals surface area contributed by atoms with Crippen molar-refractivity contribution in [1.29, 1.82) is 0 Å². The Labute approximate surface area is 79.8 Å². The fourth-order valence-corrected chi connectivity index (χ4v) is 1.08. The van der Waals surface area contributed by atoms with Gasteiger partial charge < -0.3 is 15.9 Å². The lowest BCUT2D eigenvalue weighted by atomic mass is 10.0. The van der Waals surface area contributed by atoms with Gasteiger partial charge in [0.2, 0.25) is 5.82 Å². The number of phenols is 1. The summed E-state index contributed by atoms with van der Waals surface area (Å²) in [5.74, 6) is -3.43. The molecule has 0 aliphatic rings. The van der Waals surface area contributed by atoms with Gasteiger partial charge >= 0.3 is 0 Å². The second-order valence-corrected chi connectivity index (χ2v) is 3.10. The van der Waals surface area contributed by atoms with Crippen LogP contribution in [-0.4, -0.2) is 16.3 Å². The van der Waals surface area contributed by atoms with Crippen LogP contribution in [0.5, 0.6) is 5.75 Å². The van der Waals surface area contributed by atoms with Crippen LogP contribution in [0.4, 0.5) is 8.78 Å². The molecule has 0 aliphatic heterocycles. The second-order valence-electron chi connectivity index (χ2n) is 3.10. The number of hydrogen-bond donors (Lipinski definition) is 3. The van der Waals surface area contributed by atoms with Crippen molar-refractivity contribution in [3.8, 4) is 5.75 Å². The highest BCUT2D eigenvalue weighted by Gasteiger charge is 2.20. The van der Waals surface area contributed by atoms with Crippen molar-refractivity contribution in [3.05, 3.63) is 29.3 Å². The van der Waals surface area contributed by atoms with Gasteiger partial charge in [-0.15, -0.1) is 0 Å². The van der Waals surface area contributed by atoms with E-state index in [0.29, 0.717) is 0 Å². The summed E-state index contributed by atoms with van der Waals surface area (Å²) in [5.41, 5.74) is 5.24. The average Bonchev–Trinajstić information content (AvgIpc) is 2.13. The van der Waals surface area contributed by atoms with Gasteiger partial charge in [-0.3, -0.25) is 0 Å². The molecule has 2 unspecified atom stereocenters. The highest BCUT2D eigenvalue weighted by molar-refractivity contribution is 5.36. The topological polar surface area (TPSA) is 66.5 Å². The third-order valence-electron chi connectivity index (χ3n) is 1.92. The Kier molecular flexibility index (Phi) is 3.03. The summed E-state index contributed by atoms with van der Waals surface area (Å²) in [6.07, 6.45) is -1.22. The molecule has 0 radical (unpaired) electrons. The molecule has 0 bridgehead atoms. The highest BCUT2D eigenvalue weighted by Crippen LogP contribution is 2.29. The first-order valence-corrected chi connectivity index (χ1v) is 4.05. The summed E-state index contributed by atoms with van der Waals surface area (Å²) in [6, 6.07) is 1.25. The molecule has 1 aromatic rings. The van der Waals surface area contributed by atoms with E-state index in [1.807, 2.05) is 0 Å². The summed E-state index contributed by atoms with van der Waals surface area (Å²) in [4.78, 5) is 0. The molecule has 0 saturated heterocycles. The monoisotopic (exact) mass is 203 g/mol. The Morgan fingerprint density at radius 1 is 1.36 bits per heavy atom. The van der Waals surface area contributed by atoms with E-state index < -0.39 is 29.5 Å². The normalized spacial score (nSPS) is 15.2. The number of hydrogen-bond acceptors (Lipinski definition) is 3. The number of phenolic OH excluding ortho intramolecular Hbond substituents is 1. The number of rotatable bonds is 2. The van der Waals surface area contributed by atoms with Crippen LogP contribution >= 0.6 is 0 Å². The molecule has 4 N–H and O–H groups in total. The molecule has 78 valence electrons. The van der Waals surface area contributed by atoms with Crippen molar-refractivity contribution in [3.63, 3.8) is 0 Å². The van der Waals surface area contributed by atoms with Crippen molar-refractivity contribution in [2.45, 2.75) is 19.1 Å². The highest BCUT2D eigenvalue weighted by atomic mass is 19.2. The van der Waals surface area contributed by atoms with Crippen molar-refractivity contribution >= 4 is 0 Å². The Morgan fingerprint density at radius 3 is 2.43 bits per heavy atom. The van der Waals surface area contributed by atoms with Gasteiger partial charge in [0.1, 0.15) is 0 Å². The average molecular weight is 203 g/mol. The first-order chi connectivity index (χ1) is 6.45. The molecule has 0 amide bonds. The number of nitrogens with two attached hydrogens (primary N) is 1. The Bertz CT molecular complexity index is 342.